The van der Waals surface area contributed by atoms with Crippen LogP contribution in [0.3, 0.4) is 0 Å². The Morgan fingerprint density at radius 2 is 1.94 bits per heavy atom. The molecule has 0 heterocycles. The van der Waals surface area contributed by atoms with Crippen LogP contribution in [0.4, 0.5) is 0 Å². The first-order valence-corrected chi connectivity index (χ1v) is 7.10. The predicted molar refractivity (Wildman–Crippen MR) is 76.7 cm³/mol. The summed E-state index contributed by atoms with van der Waals surface area (Å²) >= 11 is 3.52. The van der Waals surface area contributed by atoms with Gasteiger partial charge in [0.1, 0.15) is 0 Å². The lowest BCUT2D eigenvalue weighted by Gasteiger charge is -2.20. The van der Waals surface area contributed by atoms with Crippen LogP contribution in [0.15, 0.2) is 22.7 Å². The molecule has 18 heavy (non-hydrogen) atoms. The summed E-state index contributed by atoms with van der Waals surface area (Å²) in [6.45, 7) is 9.12. The zero-order valence-electron chi connectivity index (χ0n) is 11.2. The molecule has 0 saturated heterocycles. The molecule has 0 aromatic heterocycles. The number of carbonyl (C=O) groups excluding carboxylic acids is 1. The van der Waals surface area contributed by atoms with E-state index in [0.29, 0.717) is 12.2 Å². The second-order valence-corrected chi connectivity index (χ2v) is 4.80. The van der Waals surface area contributed by atoms with Gasteiger partial charge in [-0.2, -0.15) is 0 Å². The minimum atomic E-state index is -0.249. The molecule has 1 aromatic rings. The fraction of sp³-hybridized carbons (Fsp3) is 0.500. The summed E-state index contributed by atoms with van der Waals surface area (Å²) in [7, 11) is 0. The molecule has 0 bridgehead atoms. The van der Waals surface area contributed by atoms with Crippen LogP contribution in [0.1, 0.15) is 36.7 Å². The maximum Gasteiger partial charge on any atom is 0.338 e. The van der Waals surface area contributed by atoms with Crippen molar-refractivity contribution in [2.45, 2.75) is 27.3 Å². The van der Waals surface area contributed by atoms with Gasteiger partial charge >= 0.3 is 5.97 Å². The number of hydrogen-bond donors (Lipinski definition) is 0. The van der Waals surface area contributed by atoms with Crippen molar-refractivity contribution >= 4 is 21.9 Å². The van der Waals surface area contributed by atoms with Gasteiger partial charge in [0.05, 0.1) is 12.2 Å². The minimum absolute atomic E-state index is 0.249. The molecular formula is C14H20BrNO2. The van der Waals surface area contributed by atoms with E-state index in [1.54, 1.807) is 0 Å². The van der Waals surface area contributed by atoms with Crippen molar-refractivity contribution in [3.63, 3.8) is 0 Å². The second-order valence-electron chi connectivity index (χ2n) is 3.95. The smallest absolute Gasteiger partial charge is 0.338 e. The fourth-order valence-corrected chi connectivity index (χ4v) is 2.28. The molecule has 4 heteroatoms. The van der Waals surface area contributed by atoms with E-state index < -0.39 is 0 Å². The van der Waals surface area contributed by atoms with Gasteiger partial charge in [-0.3, -0.25) is 4.90 Å². The van der Waals surface area contributed by atoms with Crippen LogP contribution in [0.25, 0.3) is 0 Å². The predicted octanol–water partition coefficient (Wildman–Crippen LogP) is 3.47. The first-order chi connectivity index (χ1) is 8.63. The summed E-state index contributed by atoms with van der Waals surface area (Å²) in [6.07, 6.45) is 0. The van der Waals surface area contributed by atoms with E-state index in [4.69, 9.17) is 4.74 Å². The van der Waals surface area contributed by atoms with Crippen molar-refractivity contribution in [2.75, 3.05) is 19.7 Å². The van der Waals surface area contributed by atoms with Crippen LogP contribution in [0.2, 0.25) is 0 Å². The monoisotopic (exact) mass is 313 g/mol. The average molecular weight is 314 g/mol. The molecule has 0 aliphatic heterocycles. The lowest BCUT2D eigenvalue weighted by Crippen LogP contribution is -2.24. The Morgan fingerprint density at radius 1 is 1.28 bits per heavy atom. The lowest BCUT2D eigenvalue weighted by molar-refractivity contribution is 0.0524. The Morgan fingerprint density at radius 3 is 2.50 bits per heavy atom. The molecule has 0 aliphatic carbocycles. The zero-order valence-corrected chi connectivity index (χ0v) is 12.8. The highest BCUT2D eigenvalue weighted by Crippen LogP contribution is 2.23. The molecule has 0 saturated carbocycles. The SMILES string of the molecule is CCOC(=O)c1cccc(Br)c1CN(CC)CC. The van der Waals surface area contributed by atoms with Crippen molar-refractivity contribution in [2.24, 2.45) is 0 Å². The Bertz CT molecular complexity index is 403. The number of ether oxygens (including phenoxy) is 1. The summed E-state index contributed by atoms with van der Waals surface area (Å²) in [5.41, 5.74) is 1.65. The molecule has 0 amide bonds. The highest BCUT2D eigenvalue weighted by atomic mass is 79.9. The molecule has 1 aromatic carbocycles. The third-order valence-corrected chi connectivity index (χ3v) is 3.63. The van der Waals surface area contributed by atoms with Gasteiger partial charge in [-0.1, -0.05) is 35.8 Å². The fourth-order valence-electron chi connectivity index (χ4n) is 1.79. The van der Waals surface area contributed by atoms with Crippen molar-refractivity contribution in [3.05, 3.63) is 33.8 Å². The molecule has 100 valence electrons. The summed E-state index contributed by atoms with van der Waals surface area (Å²) in [5, 5.41) is 0. The number of halogens is 1. The normalized spacial score (nSPS) is 10.7. The third kappa shape index (κ3) is 3.82. The van der Waals surface area contributed by atoms with E-state index >= 15 is 0 Å². The van der Waals surface area contributed by atoms with E-state index in [-0.39, 0.29) is 5.97 Å². The van der Waals surface area contributed by atoms with Gasteiger partial charge in [-0.05, 0) is 37.7 Å². The summed E-state index contributed by atoms with van der Waals surface area (Å²) < 4.78 is 6.05. The molecule has 0 fully saturated rings. The van der Waals surface area contributed by atoms with Gasteiger partial charge in [-0.15, -0.1) is 0 Å². The van der Waals surface area contributed by atoms with Crippen LogP contribution < -0.4 is 0 Å². The molecule has 0 N–H and O–H groups in total. The maximum atomic E-state index is 11.9. The lowest BCUT2D eigenvalue weighted by atomic mass is 10.1. The molecule has 0 unspecified atom stereocenters. The maximum absolute atomic E-state index is 11.9. The van der Waals surface area contributed by atoms with Gasteiger partial charge in [0.15, 0.2) is 0 Å². The zero-order chi connectivity index (χ0) is 13.5. The van der Waals surface area contributed by atoms with Gasteiger partial charge in [0.2, 0.25) is 0 Å². The number of carbonyl (C=O) groups is 1. The number of hydrogen-bond acceptors (Lipinski definition) is 3. The van der Waals surface area contributed by atoms with Crippen molar-refractivity contribution in [3.8, 4) is 0 Å². The molecule has 0 atom stereocenters. The van der Waals surface area contributed by atoms with Gasteiger partial charge in [-0.25, -0.2) is 4.79 Å². The highest BCUT2D eigenvalue weighted by Gasteiger charge is 2.16. The first kappa shape index (κ1) is 15.2. The molecule has 3 nitrogen and oxygen atoms in total. The van der Waals surface area contributed by atoms with E-state index in [1.807, 2.05) is 25.1 Å². The average Bonchev–Trinajstić information content (AvgIpc) is 2.37. The Labute approximate surface area is 117 Å². The van der Waals surface area contributed by atoms with Crippen LogP contribution in [-0.4, -0.2) is 30.6 Å². The standard InChI is InChI=1S/C14H20BrNO2/c1-4-16(5-2)10-12-11(14(17)18-6-3)8-7-9-13(12)15/h7-9H,4-6,10H2,1-3H3. The number of esters is 1. The van der Waals surface area contributed by atoms with Crippen LogP contribution in [0.5, 0.6) is 0 Å². The van der Waals surface area contributed by atoms with Gasteiger partial charge in [0.25, 0.3) is 0 Å². The Hall–Kier alpha value is -0.870. The summed E-state index contributed by atoms with van der Waals surface area (Å²) in [6, 6.07) is 5.64. The quantitative estimate of drug-likeness (QED) is 0.753. The van der Waals surface area contributed by atoms with Gasteiger partial charge < -0.3 is 4.74 Å². The van der Waals surface area contributed by atoms with Crippen molar-refractivity contribution < 1.29 is 9.53 Å². The van der Waals surface area contributed by atoms with E-state index in [2.05, 4.69) is 34.7 Å². The minimum Gasteiger partial charge on any atom is -0.462 e. The van der Waals surface area contributed by atoms with Crippen molar-refractivity contribution in [1.29, 1.82) is 0 Å². The summed E-state index contributed by atoms with van der Waals surface area (Å²) in [5.74, 6) is -0.249. The highest BCUT2D eigenvalue weighted by molar-refractivity contribution is 9.10. The number of nitrogens with zero attached hydrogens (tertiary/aromatic N) is 1. The first-order valence-electron chi connectivity index (χ1n) is 6.30. The van der Waals surface area contributed by atoms with E-state index in [9.17, 15) is 4.79 Å². The number of rotatable bonds is 6. The topological polar surface area (TPSA) is 29.5 Å². The van der Waals surface area contributed by atoms with E-state index in [0.717, 1.165) is 29.7 Å². The largest absolute Gasteiger partial charge is 0.462 e. The molecule has 0 spiro atoms. The second kappa shape index (κ2) is 7.54. The number of benzene rings is 1. The molecule has 0 aliphatic rings. The van der Waals surface area contributed by atoms with Crippen LogP contribution >= 0.6 is 15.9 Å². The van der Waals surface area contributed by atoms with Crippen LogP contribution in [-0.2, 0) is 11.3 Å². The van der Waals surface area contributed by atoms with Crippen molar-refractivity contribution in [1.82, 2.24) is 4.90 Å². The van der Waals surface area contributed by atoms with Crippen LogP contribution in [0, 0.1) is 0 Å². The molecule has 1 rings (SSSR count). The summed E-state index contributed by atoms with van der Waals surface area (Å²) in [4.78, 5) is 14.2. The molecular weight excluding hydrogens is 294 g/mol. The van der Waals surface area contributed by atoms with E-state index in [1.165, 1.54) is 0 Å². The molecule has 0 radical (unpaired) electrons. The Balaban J connectivity index is 3.04. The third-order valence-electron chi connectivity index (χ3n) is 2.89. The van der Waals surface area contributed by atoms with Gasteiger partial charge in [0, 0.05) is 11.0 Å². The Kier molecular flexibility index (Phi) is 6.36.